The number of hydrogen-bond acceptors (Lipinski definition) is 4. The molecular weight excluding hydrogens is 428 g/mol. The Morgan fingerprint density at radius 2 is 1.00 bits per heavy atom. The molecule has 144 valence electrons. The van der Waals surface area contributed by atoms with Crippen LogP contribution in [0.4, 0.5) is 52.7 Å². The van der Waals surface area contributed by atoms with Crippen LogP contribution in [-0.4, -0.2) is 50.5 Å². The molecule has 0 aliphatic rings. The monoisotopic (exact) mass is 428 g/mol. The van der Waals surface area contributed by atoms with Crippen molar-refractivity contribution in [3.05, 3.63) is 0 Å². The molecule has 0 bridgehead atoms. The highest BCUT2D eigenvalue weighted by atomic mass is 32.2. The molecule has 0 aliphatic heterocycles. The number of rotatable bonds is 3. The van der Waals surface area contributed by atoms with Gasteiger partial charge >= 0.3 is 29.5 Å². The van der Waals surface area contributed by atoms with E-state index in [0.29, 0.717) is 0 Å². The summed E-state index contributed by atoms with van der Waals surface area (Å²) in [6.07, 6.45) is -14.3. The minimum absolute atomic E-state index is 4.35. The first-order chi connectivity index (χ1) is 10.1. The minimum Gasteiger partial charge on any atom is -0.216 e. The highest BCUT2D eigenvalue weighted by molar-refractivity contribution is 8.16. The number of hydrogen-bond donors (Lipinski definition) is 0. The van der Waals surface area contributed by atoms with E-state index in [0.717, 1.165) is 0 Å². The Kier molecular flexibility index (Phi) is 5.38. The Morgan fingerprint density at radius 1 is 0.667 bits per heavy atom. The quantitative estimate of drug-likeness (QED) is 0.512. The van der Waals surface area contributed by atoms with Crippen molar-refractivity contribution in [1.82, 2.24) is 0 Å². The van der Waals surface area contributed by atoms with E-state index < -0.39 is 53.8 Å². The summed E-state index contributed by atoms with van der Waals surface area (Å²) in [5.74, 6) is -15.8. The molecule has 0 radical (unpaired) electrons. The van der Waals surface area contributed by atoms with E-state index in [-0.39, 0.29) is 0 Å². The highest BCUT2D eigenvalue weighted by Crippen LogP contribution is 2.55. The van der Waals surface area contributed by atoms with Crippen LogP contribution in [0.2, 0.25) is 0 Å². The van der Waals surface area contributed by atoms with Crippen molar-refractivity contribution in [2.45, 2.75) is 29.5 Å². The van der Waals surface area contributed by atoms with Crippen LogP contribution >= 0.6 is 0 Å². The molecule has 0 aliphatic carbocycles. The van der Waals surface area contributed by atoms with Gasteiger partial charge in [0, 0.05) is 0 Å². The number of sulfone groups is 1. The van der Waals surface area contributed by atoms with Crippen molar-refractivity contribution in [2.75, 3.05) is 0 Å². The van der Waals surface area contributed by atoms with Crippen molar-refractivity contribution in [2.24, 2.45) is 0 Å². The van der Waals surface area contributed by atoms with E-state index >= 15 is 0 Å². The fourth-order valence-corrected chi connectivity index (χ4v) is 3.21. The van der Waals surface area contributed by atoms with Crippen LogP contribution in [-0.2, 0) is 20.1 Å². The van der Waals surface area contributed by atoms with Crippen LogP contribution in [0.3, 0.4) is 0 Å². The van der Waals surface area contributed by atoms with Gasteiger partial charge in [-0.15, -0.1) is 0 Å². The Morgan fingerprint density at radius 3 is 1.21 bits per heavy atom. The Labute approximate surface area is 124 Å². The molecule has 0 spiro atoms. The Hall–Kier alpha value is -1.20. The summed E-state index contributed by atoms with van der Waals surface area (Å²) >= 11 is 0. The molecule has 0 rings (SSSR count). The van der Waals surface area contributed by atoms with Gasteiger partial charge in [0.1, 0.15) is 0 Å². The van der Waals surface area contributed by atoms with Crippen molar-refractivity contribution in [3.63, 3.8) is 0 Å². The molecular formula is C6F12O4S2. The summed E-state index contributed by atoms with van der Waals surface area (Å²) in [5.41, 5.74) is 0. The third-order valence-electron chi connectivity index (χ3n) is 2.08. The second-order valence-electron chi connectivity index (χ2n) is 3.69. The van der Waals surface area contributed by atoms with E-state index in [1.807, 2.05) is 0 Å². The molecule has 0 amide bonds. The summed E-state index contributed by atoms with van der Waals surface area (Å²) in [6.45, 7) is 0. The second kappa shape index (κ2) is 5.67. The standard InChI is InChI=1S/C6F12O4S2/c7-2(8,9)1(23(19)20)24(21,22)6(17,18)4(12,13)3(10,11)5(14,15)16. The van der Waals surface area contributed by atoms with Crippen LogP contribution in [0, 0.1) is 0 Å². The fourth-order valence-electron chi connectivity index (χ4n) is 0.982. The van der Waals surface area contributed by atoms with E-state index in [9.17, 15) is 69.5 Å². The molecule has 0 N–H and O–H groups in total. The summed E-state index contributed by atoms with van der Waals surface area (Å²) in [5, 5.41) is -7.79. The van der Waals surface area contributed by atoms with Gasteiger partial charge in [0.25, 0.3) is 14.0 Å². The molecule has 0 unspecified atom stereocenters. The van der Waals surface area contributed by atoms with Gasteiger partial charge in [0.15, 0.2) is 0 Å². The van der Waals surface area contributed by atoms with E-state index in [1.165, 1.54) is 0 Å². The number of alkyl halides is 12. The Balaban J connectivity index is 6.82. The van der Waals surface area contributed by atoms with Crippen molar-refractivity contribution in [1.29, 1.82) is 0 Å². The molecule has 24 heavy (non-hydrogen) atoms. The summed E-state index contributed by atoms with van der Waals surface area (Å²) < 4.78 is 185. The normalized spacial score (nSPS) is 15.3. The first kappa shape index (κ1) is 22.8. The topological polar surface area (TPSA) is 68.3 Å². The smallest absolute Gasteiger partial charge is 0.216 e. The van der Waals surface area contributed by atoms with E-state index in [1.54, 1.807) is 0 Å². The molecule has 0 fully saturated rings. The van der Waals surface area contributed by atoms with Crippen LogP contribution in [0.5, 0.6) is 0 Å². The molecule has 0 aromatic heterocycles. The predicted octanol–water partition coefficient (Wildman–Crippen LogP) is 2.40. The highest BCUT2D eigenvalue weighted by Gasteiger charge is 2.86. The zero-order valence-electron chi connectivity index (χ0n) is 9.99. The SMILES string of the molecule is O=S(=O)=C(C(F)(F)F)S(=O)(=O)C(F)(F)C(F)(F)C(F)(F)C(F)(F)F. The largest absolute Gasteiger partial charge is 0.460 e. The third-order valence-corrected chi connectivity index (χ3v) is 5.33. The second-order valence-corrected chi connectivity index (χ2v) is 6.75. The maximum absolute atomic E-state index is 13.0. The fraction of sp³-hybridized carbons (Fsp3) is 0.833. The first-order valence-corrected chi connectivity index (χ1v) is 7.10. The molecule has 0 aromatic carbocycles. The average molecular weight is 428 g/mol. The van der Waals surface area contributed by atoms with Gasteiger partial charge in [-0.25, -0.2) is 8.42 Å². The van der Waals surface area contributed by atoms with Crippen molar-refractivity contribution >= 4 is 24.3 Å². The minimum atomic E-state index is -8.24. The van der Waals surface area contributed by atoms with Gasteiger partial charge in [-0.1, -0.05) is 0 Å². The third kappa shape index (κ3) is 3.16. The van der Waals surface area contributed by atoms with Crippen LogP contribution in [0.1, 0.15) is 0 Å². The van der Waals surface area contributed by atoms with Crippen molar-refractivity contribution < 1.29 is 69.5 Å². The van der Waals surface area contributed by atoms with Gasteiger partial charge < -0.3 is 0 Å². The van der Waals surface area contributed by atoms with Crippen molar-refractivity contribution in [3.8, 4) is 0 Å². The lowest BCUT2D eigenvalue weighted by Crippen LogP contribution is -2.64. The van der Waals surface area contributed by atoms with Crippen LogP contribution < -0.4 is 0 Å². The summed E-state index contributed by atoms with van der Waals surface area (Å²) in [4.78, 5) is 0. The summed E-state index contributed by atoms with van der Waals surface area (Å²) in [7, 11) is -13.5. The number of halogens is 12. The zero-order chi connectivity index (χ0) is 20.2. The average Bonchev–Trinajstić information content (AvgIpc) is 2.22. The van der Waals surface area contributed by atoms with Crippen LogP contribution in [0.25, 0.3) is 0 Å². The summed E-state index contributed by atoms with van der Waals surface area (Å²) in [6, 6.07) is 0. The zero-order valence-corrected chi connectivity index (χ0v) is 11.6. The van der Waals surface area contributed by atoms with Gasteiger partial charge in [0.05, 0.1) is 0 Å². The van der Waals surface area contributed by atoms with Gasteiger partial charge in [-0.2, -0.15) is 61.1 Å². The molecule has 0 saturated heterocycles. The predicted molar refractivity (Wildman–Crippen MR) is 49.8 cm³/mol. The molecule has 18 heteroatoms. The molecule has 0 saturated carbocycles. The Bertz CT molecular complexity index is 729. The van der Waals surface area contributed by atoms with E-state index in [2.05, 4.69) is 0 Å². The molecule has 0 atom stereocenters. The van der Waals surface area contributed by atoms with Gasteiger partial charge in [0.2, 0.25) is 10.3 Å². The lowest BCUT2D eigenvalue weighted by atomic mass is 10.1. The molecule has 0 heterocycles. The van der Waals surface area contributed by atoms with Gasteiger partial charge in [-0.05, 0) is 0 Å². The lowest BCUT2D eigenvalue weighted by Gasteiger charge is -2.33. The van der Waals surface area contributed by atoms with Gasteiger partial charge in [-0.3, -0.25) is 0 Å². The van der Waals surface area contributed by atoms with E-state index in [4.69, 9.17) is 0 Å². The maximum atomic E-state index is 13.0. The first-order valence-electron chi connectivity index (χ1n) is 4.55. The molecule has 0 aromatic rings. The lowest BCUT2D eigenvalue weighted by molar-refractivity contribution is -0.382. The maximum Gasteiger partial charge on any atom is 0.460 e. The molecule has 4 nitrogen and oxygen atoms in total. The van der Waals surface area contributed by atoms with Crippen LogP contribution in [0.15, 0.2) is 0 Å².